The number of ketones is 1. The van der Waals surface area contributed by atoms with Gasteiger partial charge < -0.3 is 4.90 Å². The molecule has 5 heteroatoms. The van der Waals surface area contributed by atoms with Crippen LogP contribution in [0.3, 0.4) is 0 Å². The topological polar surface area (TPSA) is 38.1 Å². The third-order valence-electron chi connectivity index (χ3n) is 7.43. The molecule has 2 aliphatic carbocycles. The van der Waals surface area contributed by atoms with Gasteiger partial charge in [-0.3, -0.25) is 4.79 Å². The summed E-state index contributed by atoms with van der Waals surface area (Å²) in [5, 5.41) is 5.17. The molecule has 0 N–H and O–H groups in total. The highest BCUT2D eigenvalue weighted by atomic mass is 127. The number of rotatable bonds is 3. The molecule has 0 radical (unpaired) electrons. The maximum atomic E-state index is 13.4. The highest BCUT2D eigenvalue weighted by Gasteiger charge is 2.48. The molecule has 1 saturated heterocycles. The summed E-state index contributed by atoms with van der Waals surface area (Å²) in [4.78, 5) is 15.9. The van der Waals surface area contributed by atoms with Gasteiger partial charge in [0.2, 0.25) is 0 Å². The lowest BCUT2D eigenvalue weighted by molar-refractivity contribution is 0.0882. The minimum Gasteiger partial charge on any atom is -0.306 e. The molecule has 31 heavy (non-hydrogen) atoms. The molecular formula is C26H26IN3O. The molecular weight excluding hydrogens is 497 g/mol. The molecule has 4 nitrogen and oxygen atoms in total. The van der Waals surface area contributed by atoms with Crippen molar-refractivity contribution in [1.29, 1.82) is 0 Å². The summed E-state index contributed by atoms with van der Waals surface area (Å²) in [5.74, 6) is 1.95. The molecule has 0 bridgehead atoms. The van der Waals surface area contributed by atoms with E-state index in [1.54, 1.807) is 0 Å². The van der Waals surface area contributed by atoms with E-state index in [1.165, 1.54) is 14.8 Å². The molecule has 0 amide bonds. The Bertz CT molecular complexity index is 1140. The van der Waals surface area contributed by atoms with E-state index in [0.29, 0.717) is 35.9 Å². The Balaban J connectivity index is 1.48. The van der Waals surface area contributed by atoms with Gasteiger partial charge >= 0.3 is 0 Å². The van der Waals surface area contributed by atoms with Gasteiger partial charge in [0, 0.05) is 28.4 Å². The van der Waals surface area contributed by atoms with Crippen LogP contribution in [-0.4, -0.2) is 40.6 Å². The number of hydrogen-bond donors (Lipinski definition) is 0. The largest absolute Gasteiger partial charge is 0.306 e. The Hall–Kier alpha value is -1.99. The zero-order valence-electron chi connectivity index (χ0n) is 17.7. The standard InChI is InChI=1S/C26H26IN3O/c1-29-12-11-17-13-23(31)24-25(21-14-20(21)16-5-3-2-4-6-16)28-30(26(24)22(17)15-29)19-9-7-18(27)8-10-19/h2-10,17,20-22H,11-15H2,1H3. The van der Waals surface area contributed by atoms with E-state index in [4.69, 9.17) is 5.10 Å². The summed E-state index contributed by atoms with van der Waals surface area (Å²) in [6.45, 7) is 2.08. The van der Waals surface area contributed by atoms with Crippen LogP contribution < -0.4 is 0 Å². The molecule has 3 aromatic rings. The normalized spacial score (nSPS) is 27.6. The number of halogens is 1. The van der Waals surface area contributed by atoms with Crippen molar-refractivity contribution in [2.45, 2.75) is 37.0 Å². The number of aromatic nitrogens is 2. The monoisotopic (exact) mass is 523 g/mol. The lowest BCUT2D eigenvalue weighted by atomic mass is 9.73. The van der Waals surface area contributed by atoms with Crippen molar-refractivity contribution in [3.63, 3.8) is 0 Å². The van der Waals surface area contributed by atoms with Gasteiger partial charge in [0.05, 0.1) is 22.6 Å². The fourth-order valence-corrected chi connectivity index (χ4v) is 6.10. The number of piperidine rings is 1. The highest BCUT2D eigenvalue weighted by molar-refractivity contribution is 14.1. The van der Waals surface area contributed by atoms with Crippen LogP contribution in [0.15, 0.2) is 54.6 Å². The van der Waals surface area contributed by atoms with Gasteiger partial charge in [-0.05, 0) is 90.7 Å². The average Bonchev–Trinajstić information content (AvgIpc) is 3.48. The van der Waals surface area contributed by atoms with Crippen LogP contribution in [-0.2, 0) is 0 Å². The lowest BCUT2D eigenvalue weighted by Gasteiger charge is -2.39. The first-order valence-corrected chi connectivity index (χ1v) is 12.3. The Morgan fingerprint density at radius 2 is 1.77 bits per heavy atom. The first kappa shape index (κ1) is 19.7. The van der Waals surface area contributed by atoms with Crippen LogP contribution in [0.1, 0.15) is 64.3 Å². The van der Waals surface area contributed by atoms with Crippen molar-refractivity contribution in [3.8, 4) is 5.69 Å². The quantitative estimate of drug-likeness (QED) is 0.434. The molecule has 4 unspecified atom stereocenters. The number of carbonyl (C=O) groups is 1. The summed E-state index contributed by atoms with van der Waals surface area (Å²) >= 11 is 2.34. The minimum atomic E-state index is 0.311. The fraction of sp³-hybridized carbons (Fsp3) is 0.385. The molecule has 2 heterocycles. The number of hydrogen-bond acceptors (Lipinski definition) is 3. The minimum absolute atomic E-state index is 0.311. The first-order chi connectivity index (χ1) is 15.1. The van der Waals surface area contributed by atoms with E-state index in [-0.39, 0.29) is 0 Å². The number of fused-ring (bicyclic) bond motifs is 3. The highest BCUT2D eigenvalue weighted by Crippen LogP contribution is 2.57. The van der Waals surface area contributed by atoms with Gasteiger partial charge in [0.25, 0.3) is 0 Å². The van der Waals surface area contributed by atoms with Crippen molar-refractivity contribution in [2.24, 2.45) is 5.92 Å². The predicted molar refractivity (Wildman–Crippen MR) is 130 cm³/mol. The summed E-state index contributed by atoms with van der Waals surface area (Å²) < 4.78 is 3.33. The van der Waals surface area contributed by atoms with E-state index in [9.17, 15) is 4.79 Å². The van der Waals surface area contributed by atoms with Gasteiger partial charge in [-0.25, -0.2) is 4.68 Å². The Morgan fingerprint density at radius 3 is 2.55 bits per heavy atom. The molecule has 158 valence electrons. The number of likely N-dealkylation sites (tertiary alicyclic amines) is 1. The van der Waals surface area contributed by atoms with E-state index in [2.05, 4.69) is 93.8 Å². The fourth-order valence-electron chi connectivity index (χ4n) is 5.74. The summed E-state index contributed by atoms with van der Waals surface area (Å²) in [5.41, 5.74) is 5.59. The number of benzene rings is 2. The summed E-state index contributed by atoms with van der Waals surface area (Å²) in [6.07, 6.45) is 2.86. The maximum absolute atomic E-state index is 13.4. The van der Waals surface area contributed by atoms with Crippen molar-refractivity contribution < 1.29 is 4.79 Å². The molecule has 4 atom stereocenters. The number of carbonyl (C=O) groups excluding carboxylic acids is 1. The van der Waals surface area contributed by atoms with E-state index >= 15 is 0 Å². The van der Waals surface area contributed by atoms with Gasteiger partial charge in [-0.15, -0.1) is 0 Å². The maximum Gasteiger partial charge on any atom is 0.166 e. The van der Waals surface area contributed by atoms with Gasteiger partial charge in [0.15, 0.2) is 5.78 Å². The second-order valence-corrected chi connectivity index (χ2v) is 10.7. The summed E-state index contributed by atoms with van der Waals surface area (Å²) in [6, 6.07) is 19.2. The number of Topliss-reactive ketones (excluding diaryl/α,β-unsaturated/α-hetero) is 1. The molecule has 1 aliphatic heterocycles. The molecule has 1 saturated carbocycles. The molecule has 3 aliphatic rings. The smallest absolute Gasteiger partial charge is 0.166 e. The van der Waals surface area contributed by atoms with E-state index < -0.39 is 0 Å². The molecule has 2 fully saturated rings. The predicted octanol–water partition coefficient (Wildman–Crippen LogP) is 5.37. The third kappa shape index (κ3) is 3.37. The molecule has 2 aromatic carbocycles. The van der Waals surface area contributed by atoms with Crippen LogP contribution in [0.4, 0.5) is 0 Å². The second kappa shape index (κ2) is 7.55. The number of likely N-dealkylation sites (N-methyl/N-ethyl adjacent to an activating group) is 1. The third-order valence-corrected chi connectivity index (χ3v) is 8.14. The average molecular weight is 523 g/mol. The molecule has 1 aromatic heterocycles. The van der Waals surface area contributed by atoms with Crippen LogP contribution in [0.25, 0.3) is 5.69 Å². The van der Waals surface area contributed by atoms with Crippen LogP contribution in [0, 0.1) is 9.49 Å². The SMILES string of the molecule is CN1CCC2CC(=O)c3c(C4CC4c4ccccc4)nn(-c4ccc(I)cc4)c3C2C1. The Morgan fingerprint density at radius 1 is 1.00 bits per heavy atom. The van der Waals surface area contributed by atoms with Gasteiger partial charge in [0.1, 0.15) is 0 Å². The van der Waals surface area contributed by atoms with Gasteiger partial charge in [-0.1, -0.05) is 30.3 Å². The Kier molecular flexibility index (Phi) is 4.79. The van der Waals surface area contributed by atoms with Crippen LogP contribution in [0.5, 0.6) is 0 Å². The van der Waals surface area contributed by atoms with Crippen molar-refractivity contribution in [3.05, 3.63) is 80.7 Å². The Labute approximate surface area is 196 Å². The van der Waals surface area contributed by atoms with E-state index in [0.717, 1.165) is 42.9 Å². The van der Waals surface area contributed by atoms with Crippen LogP contribution >= 0.6 is 22.6 Å². The second-order valence-electron chi connectivity index (χ2n) is 9.44. The molecule has 0 spiro atoms. The first-order valence-electron chi connectivity index (χ1n) is 11.3. The zero-order valence-corrected chi connectivity index (χ0v) is 19.8. The van der Waals surface area contributed by atoms with Crippen molar-refractivity contribution in [1.82, 2.24) is 14.7 Å². The molecule has 6 rings (SSSR count). The number of nitrogens with zero attached hydrogens (tertiary/aromatic N) is 3. The van der Waals surface area contributed by atoms with Gasteiger partial charge in [-0.2, -0.15) is 5.10 Å². The van der Waals surface area contributed by atoms with Crippen molar-refractivity contribution >= 4 is 28.4 Å². The summed E-state index contributed by atoms with van der Waals surface area (Å²) in [7, 11) is 2.20. The van der Waals surface area contributed by atoms with Crippen LogP contribution in [0.2, 0.25) is 0 Å². The van der Waals surface area contributed by atoms with Crippen molar-refractivity contribution in [2.75, 3.05) is 20.1 Å². The lowest BCUT2D eigenvalue weighted by Crippen LogP contribution is -2.41. The van der Waals surface area contributed by atoms with E-state index in [1.807, 2.05) is 0 Å². The zero-order chi connectivity index (χ0) is 21.1.